The van der Waals surface area contributed by atoms with Gasteiger partial charge in [-0.25, -0.2) is 0 Å². The second-order valence-corrected chi connectivity index (χ2v) is 5.19. The number of hydrogen-bond donors (Lipinski definition) is 1. The van der Waals surface area contributed by atoms with Crippen LogP contribution in [0.25, 0.3) is 10.9 Å². The fraction of sp³-hybridized carbons (Fsp3) is 0.222. The fourth-order valence-electron chi connectivity index (χ4n) is 2.74. The van der Waals surface area contributed by atoms with Crippen LogP contribution in [0.3, 0.4) is 0 Å². The van der Waals surface area contributed by atoms with Crippen molar-refractivity contribution in [3.63, 3.8) is 0 Å². The van der Waals surface area contributed by atoms with E-state index in [9.17, 15) is 0 Å². The molecule has 0 radical (unpaired) electrons. The van der Waals surface area contributed by atoms with E-state index in [1.165, 1.54) is 22.0 Å². The molecule has 21 heavy (non-hydrogen) atoms. The first-order chi connectivity index (χ1) is 10.3. The van der Waals surface area contributed by atoms with Gasteiger partial charge in [-0.05, 0) is 36.2 Å². The summed E-state index contributed by atoms with van der Waals surface area (Å²) in [6, 6.07) is 16.7. The number of aromatic nitrogens is 1. The number of hydrogen-bond acceptors (Lipinski definition) is 2. The second-order valence-electron chi connectivity index (χ2n) is 5.19. The molecule has 1 heterocycles. The average Bonchev–Trinajstić information content (AvgIpc) is 2.86. The number of methoxy groups -OCH3 is 1. The molecule has 0 atom stereocenters. The van der Waals surface area contributed by atoms with E-state index in [1.807, 2.05) is 12.1 Å². The van der Waals surface area contributed by atoms with E-state index in [4.69, 9.17) is 10.5 Å². The highest BCUT2D eigenvalue weighted by Gasteiger charge is 2.09. The van der Waals surface area contributed by atoms with E-state index in [2.05, 4.69) is 47.2 Å². The van der Waals surface area contributed by atoms with E-state index in [1.54, 1.807) is 7.11 Å². The summed E-state index contributed by atoms with van der Waals surface area (Å²) in [6.07, 6.45) is 3.11. The van der Waals surface area contributed by atoms with Crippen LogP contribution in [0.5, 0.6) is 5.75 Å². The smallest absolute Gasteiger partial charge is 0.120 e. The maximum atomic E-state index is 5.74. The molecule has 0 aliphatic carbocycles. The third kappa shape index (κ3) is 2.78. The number of benzene rings is 2. The molecule has 3 heteroatoms. The normalized spacial score (nSPS) is 11.0. The van der Waals surface area contributed by atoms with Crippen molar-refractivity contribution < 1.29 is 4.74 Å². The average molecular weight is 280 g/mol. The predicted molar refractivity (Wildman–Crippen MR) is 86.8 cm³/mol. The van der Waals surface area contributed by atoms with E-state index in [0.717, 1.165) is 18.7 Å². The molecule has 0 spiro atoms. The number of ether oxygens (including phenoxy) is 1. The molecule has 108 valence electrons. The quantitative estimate of drug-likeness (QED) is 0.779. The Balaban J connectivity index is 2.07. The third-order valence-corrected chi connectivity index (χ3v) is 3.78. The number of rotatable bonds is 5. The van der Waals surface area contributed by atoms with Crippen LogP contribution in [0.1, 0.15) is 11.1 Å². The highest BCUT2D eigenvalue weighted by Crippen LogP contribution is 2.26. The van der Waals surface area contributed by atoms with Gasteiger partial charge >= 0.3 is 0 Å². The fourth-order valence-corrected chi connectivity index (χ4v) is 2.74. The zero-order valence-electron chi connectivity index (χ0n) is 12.3. The molecule has 0 saturated carbocycles. The molecule has 0 saturated heterocycles. The topological polar surface area (TPSA) is 40.2 Å². The van der Waals surface area contributed by atoms with Crippen LogP contribution in [0, 0.1) is 0 Å². The van der Waals surface area contributed by atoms with Crippen molar-refractivity contribution in [1.82, 2.24) is 4.57 Å². The molecule has 3 rings (SSSR count). The SMILES string of the molecule is COc1ccc2c(CCN)cn(Cc3ccccc3)c2c1. The van der Waals surface area contributed by atoms with Gasteiger partial charge in [0, 0.05) is 24.2 Å². The van der Waals surface area contributed by atoms with Crippen molar-refractivity contribution in [2.45, 2.75) is 13.0 Å². The highest BCUT2D eigenvalue weighted by molar-refractivity contribution is 5.85. The first-order valence-electron chi connectivity index (χ1n) is 7.21. The molecular formula is C18H20N2O. The van der Waals surface area contributed by atoms with Crippen LogP contribution < -0.4 is 10.5 Å². The Morgan fingerprint density at radius 3 is 2.62 bits per heavy atom. The molecule has 0 amide bonds. The van der Waals surface area contributed by atoms with Gasteiger partial charge in [-0.15, -0.1) is 0 Å². The summed E-state index contributed by atoms with van der Waals surface area (Å²) in [4.78, 5) is 0. The Morgan fingerprint density at radius 1 is 1.10 bits per heavy atom. The Morgan fingerprint density at radius 2 is 1.90 bits per heavy atom. The highest BCUT2D eigenvalue weighted by atomic mass is 16.5. The van der Waals surface area contributed by atoms with Crippen molar-refractivity contribution in [2.75, 3.05) is 13.7 Å². The minimum absolute atomic E-state index is 0.663. The van der Waals surface area contributed by atoms with E-state index in [0.29, 0.717) is 6.54 Å². The van der Waals surface area contributed by atoms with Crippen molar-refractivity contribution in [3.8, 4) is 5.75 Å². The molecule has 0 unspecified atom stereocenters. The Bertz CT molecular complexity index is 732. The van der Waals surface area contributed by atoms with Crippen molar-refractivity contribution in [1.29, 1.82) is 0 Å². The van der Waals surface area contributed by atoms with E-state index < -0.39 is 0 Å². The minimum Gasteiger partial charge on any atom is -0.497 e. The summed E-state index contributed by atoms with van der Waals surface area (Å²) in [5.74, 6) is 0.884. The van der Waals surface area contributed by atoms with Gasteiger partial charge in [-0.1, -0.05) is 30.3 Å². The first-order valence-corrected chi connectivity index (χ1v) is 7.21. The number of nitrogens with zero attached hydrogens (tertiary/aromatic N) is 1. The minimum atomic E-state index is 0.663. The standard InChI is InChI=1S/C18H20N2O/c1-21-16-7-8-17-15(9-10-19)13-20(18(17)11-16)12-14-5-3-2-4-6-14/h2-8,11,13H,9-10,12,19H2,1H3. The Hall–Kier alpha value is -2.26. The van der Waals surface area contributed by atoms with Gasteiger partial charge < -0.3 is 15.0 Å². The molecule has 3 aromatic rings. The van der Waals surface area contributed by atoms with Crippen molar-refractivity contribution >= 4 is 10.9 Å². The zero-order chi connectivity index (χ0) is 14.7. The van der Waals surface area contributed by atoms with Gasteiger partial charge in [-0.3, -0.25) is 0 Å². The molecule has 0 aliphatic rings. The van der Waals surface area contributed by atoms with E-state index in [-0.39, 0.29) is 0 Å². The summed E-state index contributed by atoms with van der Waals surface area (Å²) in [5, 5.41) is 1.26. The lowest BCUT2D eigenvalue weighted by molar-refractivity contribution is 0.415. The molecule has 1 aromatic heterocycles. The maximum Gasteiger partial charge on any atom is 0.120 e. The second kappa shape index (κ2) is 6.02. The molecule has 3 nitrogen and oxygen atoms in total. The van der Waals surface area contributed by atoms with Gasteiger partial charge in [0.25, 0.3) is 0 Å². The molecule has 2 N–H and O–H groups in total. The number of fused-ring (bicyclic) bond motifs is 1. The van der Waals surface area contributed by atoms with Gasteiger partial charge in [0.15, 0.2) is 0 Å². The van der Waals surface area contributed by atoms with Gasteiger partial charge in [0.2, 0.25) is 0 Å². The molecular weight excluding hydrogens is 260 g/mol. The van der Waals surface area contributed by atoms with Crippen LogP contribution in [0.15, 0.2) is 54.7 Å². The van der Waals surface area contributed by atoms with Crippen LogP contribution in [0.2, 0.25) is 0 Å². The lowest BCUT2D eigenvalue weighted by atomic mass is 10.1. The monoisotopic (exact) mass is 280 g/mol. The van der Waals surface area contributed by atoms with Crippen LogP contribution in [0.4, 0.5) is 0 Å². The molecule has 0 bridgehead atoms. The van der Waals surface area contributed by atoms with Crippen LogP contribution in [-0.2, 0) is 13.0 Å². The lowest BCUT2D eigenvalue weighted by Crippen LogP contribution is -2.02. The summed E-state index contributed by atoms with van der Waals surface area (Å²) in [7, 11) is 1.70. The zero-order valence-corrected chi connectivity index (χ0v) is 12.3. The number of nitrogens with two attached hydrogens (primary N) is 1. The molecule has 0 aliphatic heterocycles. The maximum absolute atomic E-state index is 5.74. The summed E-state index contributed by atoms with van der Waals surface area (Å²) in [6.45, 7) is 1.52. The largest absolute Gasteiger partial charge is 0.497 e. The van der Waals surface area contributed by atoms with Crippen molar-refractivity contribution in [2.24, 2.45) is 5.73 Å². The van der Waals surface area contributed by atoms with Gasteiger partial charge in [0.05, 0.1) is 12.6 Å². The third-order valence-electron chi connectivity index (χ3n) is 3.78. The summed E-state index contributed by atoms with van der Waals surface area (Å²) in [5.41, 5.74) is 9.52. The van der Waals surface area contributed by atoms with Crippen LogP contribution >= 0.6 is 0 Å². The summed E-state index contributed by atoms with van der Waals surface area (Å²) >= 11 is 0. The lowest BCUT2D eigenvalue weighted by Gasteiger charge is -2.06. The van der Waals surface area contributed by atoms with Gasteiger partial charge in [-0.2, -0.15) is 0 Å². The summed E-state index contributed by atoms with van der Waals surface area (Å²) < 4.78 is 7.63. The van der Waals surface area contributed by atoms with Crippen LogP contribution in [-0.4, -0.2) is 18.2 Å². The Kier molecular flexibility index (Phi) is 3.93. The van der Waals surface area contributed by atoms with E-state index >= 15 is 0 Å². The molecule has 2 aromatic carbocycles. The predicted octanol–water partition coefficient (Wildman–Crippen LogP) is 3.20. The first kappa shape index (κ1) is 13.7. The van der Waals surface area contributed by atoms with Crippen molar-refractivity contribution in [3.05, 3.63) is 65.9 Å². The van der Waals surface area contributed by atoms with Gasteiger partial charge in [0.1, 0.15) is 5.75 Å². The molecule has 0 fully saturated rings. The Labute approximate surface area is 125 Å².